The second-order valence-electron chi connectivity index (χ2n) is 5.39. The SMILES string of the molecule is CC(C)C1C(C#N)=C(N)Nc2oc(-c3ccccc3)nc21. The van der Waals surface area contributed by atoms with Crippen LogP contribution in [0, 0.1) is 17.2 Å². The molecule has 5 nitrogen and oxygen atoms in total. The van der Waals surface area contributed by atoms with Crippen LogP contribution in [0.15, 0.2) is 46.1 Å². The molecule has 3 rings (SSSR count). The van der Waals surface area contributed by atoms with Gasteiger partial charge in [-0.3, -0.25) is 0 Å². The van der Waals surface area contributed by atoms with E-state index in [1.807, 2.05) is 44.2 Å². The normalized spacial score (nSPS) is 17.3. The van der Waals surface area contributed by atoms with Crippen LogP contribution in [-0.2, 0) is 0 Å². The van der Waals surface area contributed by atoms with Crippen molar-refractivity contribution in [1.82, 2.24) is 4.98 Å². The average Bonchev–Trinajstić information content (AvgIpc) is 2.89. The molecule has 1 atom stereocenters. The fourth-order valence-corrected chi connectivity index (χ4v) is 2.61. The minimum Gasteiger partial charge on any atom is -0.420 e. The summed E-state index contributed by atoms with van der Waals surface area (Å²) in [4.78, 5) is 4.59. The van der Waals surface area contributed by atoms with Crippen molar-refractivity contribution in [2.45, 2.75) is 19.8 Å². The summed E-state index contributed by atoms with van der Waals surface area (Å²) in [5.74, 6) is 1.47. The molecule has 0 saturated carbocycles. The van der Waals surface area contributed by atoms with Gasteiger partial charge in [0, 0.05) is 11.5 Å². The molecule has 0 amide bonds. The summed E-state index contributed by atoms with van der Waals surface area (Å²) in [5, 5.41) is 12.3. The highest BCUT2D eigenvalue weighted by atomic mass is 16.4. The van der Waals surface area contributed by atoms with Crippen LogP contribution >= 0.6 is 0 Å². The third-order valence-corrected chi connectivity index (χ3v) is 3.61. The molecule has 0 aliphatic carbocycles. The van der Waals surface area contributed by atoms with E-state index in [1.165, 1.54) is 0 Å². The largest absolute Gasteiger partial charge is 0.420 e. The van der Waals surface area contributed by atoms with Crippen LogP contribution in [0.3, 0.4) is 0 Å². The first-order valence-corrected chi connectivity index (χ1v) is 6.84. The number of nitriles is 1. The summed E-state index contributed by atoms with van der Waals surface area (Å²) in [7, 11) is 0. The van der Waals surface area contributed by atoms with Gasteiger partial charge in [-0.15, -0.1) is 0 Å². The van der Waals surface area contributed by atoms with Crippen LogP contribution < -0.4 is 11.1 Å². The van der Waals surface area contributed by atoms with Crippen LogP contribution in [0.25, 0.3) is 11.5 Å². The van der Waals surface area contributed by atoms with E-state index in [0.717, 1.165) is 11.3 Å². The first-order valence-electron chi connectivity index (χ1n) is 6.84. The van der Waals surface area contributed by atoms with Crippen LogP contribution in [0.1, 0.15) is 25.5 Å². The molecule has 2 aromatic rings. The average molecular weight is 280 g/mol. The molecule has 0 spiro atoms. The summed E-state index contributed by atoms with van der Waals surface area (Å²) in [6, 6.07) is 11.9. The van der Waals surface area contributed by atoms with E-state index in [1.54, 1.807) is 0 Å². The molecule has 1 aromatic heterocycles. The molecule has 3 N–H and O–H groups in total. The Labute approximate surface area is 123 Å². The zero-order chi connectivity index (χ0) is 15.0. The maximum Gasteiger partial charge on any atom is 0.229 e. The molecule has 1 aliphatic rings. The number of nitrogens with two attached hydrogens (primary N) is 1. The fourth-order valence-electron chi connectivity index (χ4n) is 2.61. The topological polar surface area (TPSA) is 87.9 Å². The number of rotatable bonds is 2. The van der Waals surface area contributed by atoms with Crippen molar-refractivity contribution >= 4 is 5.88 Å². The highest BCUT2D eigenvalue weighted by Gasteiger charge is 2.34. The van der Waals surface area contributed by atoms with Crippen molar-refractivity contribution < 1.29 is 4.42 Å². The first-order chi connectivity index (χ1) is 10.1. The van der Waals surface area contributed by atoms with Gasteiger partial charge in [-0.2, -0.15) is 5.26 Å². The number of oxazole rings is 1. The summed E-state index contributed by atoms with van der Waals surface area (Å²) >= 11 is 0. The molecule has 106 valence electrons. The zero-order valence-corrected chi connectivity index (χ0v) is 11.9. The molecule has 0 radical (unpaired) electrons. The molecule has 1 aromatic carbocycles. The Morgan fingerprint density at radius 1 is 1.33 bits per heavy atom. The summed E-state index contributed by atoms with van der Waals surface area (Å²) in [6.45, 7) is 4.09. The molecular weight excluding hydrogens is 264 g/mol. The van der Waals surface area contributed by atoms with E-state index < -0.39 is 0 Å². The molecule has 5 heteroatoms. The van der Waals surface area contributed by atoms with Crippen LogP contribution in [0.2, 0.25) is 0 Å². The molecule has 0 bridgehead atoms. The van der Waals surface area contributed by atoms with Gasteiger partial charge < -0.3 is 15.5 Å². The van der Waals surface area contributed by atoms with Gasteiger partial charge in [0.25, 0.3) is 0 Å². The quantitative estimate of drug-likeness (QED) is 0.882. The standard InChI is InChI=1S/C16H16N4O/c1-9(2)12-11(8-17)14(18)20-16-13(12)19-15(21-16)10-6-4-3-5-7-10/h3-7,9,12,20H,18H2,1-2H3. The van der Waals surface area contributed by atoms with Crippen LogP contribution in [0.4, 0.5) is 5.88 Å². The number of hydrogen-bond acceptors (Lipinski definition) is 5. The van der Waals surface area contributed by atoms with Crippen molar-refractivity contribution in [3.63, 3.8) is 0 Å². The minimum atomic E-state index is -0.146. The van der Waals surface area contributed by atoms with E-state index >= 15 is 0 Å². The number of aromatic nitrogens is 1. The summed E-state index contributed by atoms with van der Waals surface area (Å²) in [5.41, 5.74) is 8.10. The van der Waals surface area contributed by atoms with Gasteiger partial charge in [-0.1, -0.05) is 32.0 Å². The van der Waals surface area contributed by atoms with Gasteiger partial charge in [0.15, 0.2) is 0 Å². The van der Waals surface area contributed by atoms with Crippen molar-refractivity contribution in [2.75, 3.05) is 5.32 Å². The van der Waals surface area contributed by atoms with Crippen molar-refractivity contribution in [2.24, 2.45) is 11.7 Å². The lowest BCUT2D eigenvalue weighted by Gasteiger charge is -2.24. The number of allylic oxidation sites excluding steroid dienone is 1. The van der Waals surface area contributed by atoms with Crippen LogP contribution in [-0.4, -0.2) is 4.98 Å². The maximum absolute atomic E-state index is 9.34. The van der Waals surface area contributed by atoms with Gasteiger partial charge in [0.2, 0.25) is 11.8 Å². The van der Waals surface area contributed by atoms with Crippen molar-refractivity contribution in [3.8, 4) is 17.5 Å². The Bertz CT molecular complexity index is 737. The van der Waals surface area contributed by atoms with Gasteiger partial charge in [-0.25, -0.2) is 4.98 Å². The zero-order valence-electron chi connectivity index (χ0n) is 11.9. The van der Waals surface area contributed by atoms with Gasteiger partial charge >= 0.3 is 0 Å². The van der Waals surface area contributed by atoms with Crippen molar-refractivity contribution in [1.29, 1.82) is 5.26 Å². The third kappa shape index (κ3) is 2.15. The maximum atomic E-state index is 9.34. The molecule has 0 saturated heterocycles. The second kappa shape index (κ2) is 4.98. The lowest BCUT2D eigenvalue weighted by molar-refractivity contribution is 0.535. The lowest BCUT2D eigenvalue weighted by Crippen LogP contribution is -2.24. The van der Waals surface area contributed by atoms with E-state index in [0.29, 0.717) is 23.2 Å². The molecule has 21 heavy (non-hydrogen) atoms. The van der Waals surface area contributed by atoms with Crippen molar-refractivity contribution in [3.05, 3.63) is 47.4 Å². The molecule has 1 aliphatic heterocycles. The Morgan fingerprint density at radius 3 is 2.67 bits per heavy atom. The lowest BCUT2D eigenvalue weighted by atomic mass is 9.84. The Balaban J connectivity index is 2.11. The summed E-state index contributed by atoms with van der Waals surface area (Å²) < 4.78 is 5.79. The number of nitrogens with one attached hydrogen (secondary N) is 1. The molecule has 0 fully saturated rings. The first kappa shape index (κ1) is 13.3. The van der Waals surface area contributed by atoms with E-state index in [-0.39, 0.29) is 11.8 Å². The Morgan fingerprint density at radius 2 is 2.05 bits per heavy atom. The molecular formula is C16H16N4O. The third-order valence-electron chi connectivity index (χ3n) is 3.61. The molecule has 2 heterocycles. The number of anilines is 1. The van der Waals surface area contributed by atoms with E-state index in [4.69, 9.17) is 10.2 Å². The Kier molecular flexibility index (Phi) is 3.15. The number of nitrogens with zero attached hydrogens (tertiary/aromatic N) is 2. The Hall–Kier alpha value is -2.74. The predicted molar refractivity (Wildman–Crippen MR) is 80.0 cm³/mol. The number of benzene rings is 1. The highest BCUT2D eigenvalue weighted by Crippen LogP contribution is 2.41. The van der Waals surface area contributed by atoms with E-state index in [2.05, 4.69) is 16.4 Å². The highest BCUT2D eigenvalue weighted by molar-refractivity contribution is 5.62. The van der Waals surface area contributed by atoms with Gasteiger partial charge in [0.05, 0.1) is 11.6 Å². The monoisotopic (exact) mass is 280 g/mol. The number of hydrogen-bond donors (Lipinski definition) is 2. The summed E-state index contributed by atoms with van der Waals surface area (Å²) in [6.07, 6.45) is 0. The predicted octanol–water partition coefficient (Wildman–Crippen LogP) is 3.20. The van der Waals surface area contributed by atoms with Gasteiger partial charge in [-0.05, 0) is 18.1 Å². The smallest absolute Gasteiger partial charge is 0.229 e. The number of fused-ring (bicyclic) bond motifs is 1. The fraction of sp³-hybridized carbons (Fsp3) is 0.250. The van der Waals surface area contributed by atoms with Crippen LogP contribution in [0.5, 0.6) is 0 Å². The van der Waals surface area contributed by atoms with Gasteiger partial charge in [0.1, 0.15) is 11.5 Å². The second-order valence-corrected chi connectivity index (χ2v) is 5.39. The van der Waals surface area contributed by atoms with E-state index in [9.17, 15) is 5.26 Å². The molecule has 1 unspecified atom stereocenters. The minimum absolute atomic E-state index is 0.146.